The van der Waals surface area contributed by atoms with Crippen LogP contribution in [0.25, 0.3) is 0 Å². The van der Waals surface area contributed by atoms with Gasteiger partial charge in [0, 0.05) is 16.7 Å². The van der Waals surface area contributed by atoms with Gasteiger partial charge >= 0.3 is 12.3 Å². The minimum Gasteiger partial charge on any atom is -0.434 e. The smallest absolute Gasteiger partial charge is 0.434 e. The zero-order valence-corrected chi connectivity index (χ0v) is 24.9. The lowest BCUT2D eigenvalue weighted by Crippen LogP contribution is -2.63. The van der Waals surface area contributed by atoms with Crippen LogP contribution in [0.2, 0.25) is 0 Å². The molecule has 0 aromatic carbocycles. The summed E-state index contributed by atoms with van der Waals surface area (Å²) in [5, 5.41) is 11.7. The maximum atomic E-state index is 14.0. The quantitative estimate of drug-likeness (QED) is 0.238. The Morgan fingerprint density at radius 2 is 1.68 bits per heavy atom. The summed E-state index contributed by atoms with van der Waals surface area (Å²) < 4.78 is 21.6. The first-order chi connectivity index (χ1) is 19.5. The summed E-state index contributed by atoms with van der Waals surface area (Å²) >= 11 is 0. The van der Waals surface area contributed by atoms with Crippen LogP contribution >= 0.6 is 0 Å². The van der Waals surface area contributed by atoms with E-state index in [1.165, 1.54) is 0 Å². The zero-order valence-electron chi connectivity index (χ0n) is 24.9. The third-order valence-electron chi connectivity index (χ3n) is 10.3. The Kier molecular flexibility index (Phi) is 9.66. The summed E-state index contributed by atoms with van der Waals surface area (Å²) in [6.45, 7) is 7.79. The number of Topliss-reactive ketones (excluding diaryl/α,β-unsaturated/α-hetero) is 1. The molecule has 3 fully saturated rings. The van der Waals surface area contributed by atoms with Crippen LogP contribution in [0.3, 0.4) is 0 Å². The molecule has 0 saturated heterocycles. The molecule has 0 aromatic heterocycles. The number of hydrogen-bond donors (Lipinski definition) is 1. The number of carbonyl (C=O) groups is 4. The number of unbranched alkanes of at least 4 members (excludes halogenated alkanes) is 3. The lowest BCUT2D eigenvalue weighted by atomic mass is 9.46. The van der Waals surface area contributed by atoms with Crippen molar-refractivity contribution in [1.29, 1.82) is 0 Å². The molecule has 4 rings (SSSR count). The number of hydrogen-bond acceptors (Lipinski definition) is 9. The number of fused-ring (bicyclic) bond motifs is 5. The Balaban J connectivity index is 1.60. The highest BCUT2D eigenvalue weighted by molar-refractivity contribution is 6.01. The molecule has 0 aromatic rings. The van der Waals surface area contributed by atoms with E-state index < -0.39 is 47.2 Å². The summed E-state index contributed by atoms with van der Waals surface area (Å²) in [4.78, 5) is 51.2. The minimum absolute atomic E-state index is 0.0318. The molecule has 228 valence electrons. The lowest BCUT2D eigenvalue weighted by molar-refractivity contribution is -0.184. The van der Waals surface area contributed by atoms with Crippen LogP contribution in [0.4, 0.5) is 9.59 Å². The summed E-state index contributed by atoms with van der Waals surface area (Å²) in [5.74, 6) is -0.690. The predicted octanol–water partition coefficient (Wildman–Crippen LogP) is 5.87. The molecule has 0 bridgehead atoms. The molecule has 0 heterocycles. The van der Waals surface area contributed by atoms with Crippen molar-refractivity contribution >= 4 is 23.9 Å². The summed E-state index contributed by atoms with van der Waals surface area (Å²) in [6.07, 6.45) is 9.19. The Morgan fingerprint density at radius 3 is 2.41 bits per heavy atom. The SMILES string of the molecule is CCCCCOC(=O)O[C@]1(C(=O)COC(=O)OCCCC)CC[C@H]2[C@@H]3CCC4=CC(=O)C=C[C@]4(C)[C@H]3C(O)C[C@@]21C. The van der Waals surface area contributed by atoms with Crippen molar-refractivity contribution < 1.29 is 43.2 Å². The van der Waals surface area contributed by atoms with Gasteiger partial charge in [0.1, 0.15) is 0 Å². The van der Waals surface area contributed by atoms with Gasteiger partial charge in [0.2, 0.25) is 5.78 Å². The fourth-order valence-electron chi connectivity index (χ4n) is 8.26. The van der Waals surface area contributed by atoms with Gasteiger partial charge in [-0.3, -0.25) is 9.59 Å². The maximum Gasteiger partial charge on any atom is 0.509 e. The molecule has 3 saturated carbocycles. The first-order valence-electron chi connectivity index (χ1n) is 15.3. The monoisotopic (exact) mass is 574 g/mol. The average Bonchev–Trinajstić information content (AvgIpc) is 3.22. The van der Waals surface area contributed by atoms with Crippen molar-refractivity contribution in [3.63, 3.8) is 0 Å². The topological polar surface area (TPSA) is 125 Å². The summed E-state index contributed by atoms with van der Waals surface area (Å²) in [7, 11) is 0. The molecular weight excluding hydrogens is 528 g/mol. The average molecular weight is 575 g/mol. The van der Waals surface area contributed by atoms with E-state index in [2.05, 4.69) is 6.92 Å². The number of rotatable bonds is 11. The highest BCUT2D eigenvalue weighted by Crippen LogP contribution is 2.68. The van der Waals surface area contributed by atoms with Gasteiger partial charge in [0.15, 0.2) is 18.0 Å². The van der Waals surface area contributed by atoms with Crippen LogP contribution in [0.5, 0.6) is 0 Å². The first kappa shape index (κ1) is 31.3. The molecule has 41 heavy (non-hydrogen) atoms. The molecule has 0 amide bonds. The number of ether oxygens (including phenoxy) is 4. The fraction of sp³-hybridized carbons (Fsp3) is 0.750. The van der Waals surface area contributed by atoms with Crippen molar-refractivity contribution in [3.05, 3.63) is 23.8 Å². The van der Waals surface area contributed by atoms with Gasteiger partial charge in [-0.1, -0.05) is 58.6 Å². The van der Waals surface area contributed by atoms with Crippen LogP contribution < -0.4 is 0 Å². The molecular formula is C32H46O9. The number of aliphatic hydroxyl groups is 1. The Morgan fingerprint density at radius 1 is 0.976 bits per heavy atom. The van der Waals surface area contributed by atoms with Crippen molar-refractivity contribution in [2.24, 2.45) is 28.6 Å². The van der Waals surface area contributed by atoms with Gasteiger partial charge in [0.25, 0.3) is 0 Å². The second-order valence-corrected chi connectivity index (χ2v) is 12.6. The van der Waals surface area contributed by atoms with E-state index in [9.17, 15) is 24.3 Å². The van der Waals surface area contributed by atoms with Crippen molar-refractivity contribution in [1.82, 2.24) is 0 Å². The predicted molar refractivity (Wildman–Crippen MR) is 150 cm³/mol. The zero-order chi connectivity index (χ0) is 29.8. The molecule has 1 unspecified atom stereocenters. The number of allylic oxidation sites excluding steroid dienone is 4. The molecule has 0 aliphatic heterocycles. The van der Waals surface area contributed by atoms with Crippen molar-refractivity contribution in [3.8, 4) is 0 Å². The summed E-state index contributed by atoms with van der Waals surface area (Å²) in [5.41, 5.74) is -1.95. The first-order valence-corrected chi connectivity index (χ1v) is 15.3. The third kappa shape index (κ3) is 5.84. The highest BCUT2D eigenvalue weighted by atomic mass is 16.7. The van der Waals surface area contributed by atoms with Crippen LogP contribution in [0.15, 0.2) is 23.8 Å². The Labute approximate surface area is 243 Å². The van der Waals surface area contributed by atoms with E-state index in [1.54, 1.807) is 12.2 Å². The van der Waals surface area contributed by atoms with Crippen LogP contribution in [-0.2, 0) is 28.5 Å². The molecule has 0 spiro atoms. The van der Waals surface area contributed by atoms with Gasteiger partial charge in [-0.15, -0.1) is 0 Å². The molecule has 4 aliphatic rings. The minimum atomic E-state index is -1.62. The third-order valence-corrected chi connectivity index (χ3v) is 10.3. The summed E-state index contributed by atoms with van der Waals surface area (Å²) in [6, 6.07) is 0. The largest absolute Gasteiger partial charge is 0.509 e. The molecule has 1 N–H and O–H groups in total. The number of ketones is 2. The second-order valence-electron chi connectivity index (χ2n) is 12.6. The van der Waals surface area contributed by atoms with E-state index >= 15 is 0 Å². The highest BCUT2D eigenvalue weighted by Gasteiger charge is 2.70. The van der Waals surface area contributed by atoms with E-state index in [4.69, 9.17) is 18.9 Å². The molecule has 0 radical (unpaired) electrons. The fourth-order valence-corrected chi connectivity index (χ4v) is 8.26. The van der Waals surface area contributed by atoms with Gasteiger partial charge in [-0.05, 0) is 68.9 Å². The molecule has 9 nitrogen and oxygen atoms in total. The standard InChI is InChI=1S/C32H46O9/c1-5-7-9-17-39-29(37)41-32(26(35)20-40-28(36)38-16-8-6-2)15-13-24-23-11-10-21-18-22(33)12-14-30(21,3)27(23)25(34)19-31(24,32)4/h12,14,18,23-25,27,34H,5-11,13,15-17,19-20H2,1-4H3/t23-,24-,25?,27+,30-,31-,32-/m0/s1. The van der Waals surface area contributed by atoms with Gasteiger partial charge in [-0.25, -0.2) is 9.59 Å². The molecule has 7 atom stereocenters. The van der Waals surface area contributed by atoms with Crippen LogP contribution in [-0.4, -0.2) is 60.5 Å². The van der Waals surface area contributed by atoms with Gasteiger partial charge < -0.3 is 24.1 Å². The van der Waals surface area contributed by atoms with E-state index in [0.29, 0.717) is 19.3 Å². The second kappa shape index (κ2) is 12.7. The molecule has 9 heteroatoms. The van der Waals surface area contributed by atoms with Crippen molar-refractivity contribution in [2.45, 2.75) is 104 Å². The Hall–Kier alpha value is -2.68. The van der Waals surface area contributed by atoms with E-state index in [1.807, 2.05) is 26.8 Å². The maximum absolute atomic E-state index is 14.0. The lowest BCUT2D eigenvalue weighted by Gasteiger charge is -2.59. The van der Waals surface area contributed by atoms with Gasteiger partial charge in [0.05, 0.1) is 19.3 Å². The molecule has 4 aliphatic carbocycles. The Bertz CT molecular complexity index is 1080. The number of carbonyl (C=O) groups excluding carboxylic acids is 4. The van der Waals surface area contributed by atoms with Gasteiger partial charge in [-0.2, -0.15) is 0 Å². The van der Waals surface area contributed by atoms with E-state index in [-0.39, 0.29) is 49.6 Å². The van der Waals surface area contributed by atoms with Crippen molar-refractivity contribution in [2.75, 3.05) is 19.8 Å². The number of aliphatic hydroxyl groups excluding tert-OH is 1. The van der Waals surface area contributed by atoms with Crippen LogP contribution in [0, 0.1) is 28.6 Å². The normalized spacial score (nSPS) is 35.4. The van der Waals surface area contributed by atoms with E-state index in [0.717, 1.165) is 37.7 Å². The van der Waals surface area contributed by atoms with Crippen LogP contribution in [0.1, 0.15) is 91.9 Å².